The zero-order valence-corrected chi connectivity index (χ0v) is 15.6. The molecule has 0 heterocycles. The minimum atomic E-state index is -3.12. The van der Waals surface area contributed by atoms with Gasteiger partial charge in [0, 0.05) is 6.04 Å². The van der Waals surface area contributed by atoms with Gasteiger partial charge in [-0.1, -0.05) is 29.3 Å². The third-order valence-electron chi connectivity index (χ3n) is 3.00. The standard InChI is InChI=1S/C16H22Cl2F2N2O2/c1-10(11-5-6-12(17)13(18)7-11)21-8-16(19,20)9-22-14(23)24-15(2,3)4/h5-7,10,21H,8-9H2,1-4H3,(H,22,23). The lowest BCUT2D eigenvalue weighted by Gasteiger charge is -2.23. The fourth-order valence-corrected chi connectivity index (χ4v) is 2.09. The molecule has 1 aromatic carbocycles. The molecule has 0 spiro atoms. The van der Waals surface area contributed by atoms with E-state index in [4.69, 9.17) is 27.9 Å². The van der Waals surface area contributed by atoms with Crippen LogP contribution < -0.4 is 10.6 Å². The average Bonchev–Trinajstić information content (AvgIpc) is 2.44. The normalized spacial score (nSPS) is 13.5. The Hall–Kier alpha value is -1.11. The van der Waals surface area contributed by atoms with Crippen LogP contribution in [0.15, 0.2) is 18.2 Å². The molecule has 1 atom stereocenters. The molecule has 0 aliphatic heterocycles. The van der Waals surface area contributed by atoms with Crippen LogP contribution in [0.1, 0.15) is 39.3 Å². The molecule has 0 aliphatic rings. The highest BCUT2D eigenvalue weighted by Crippen LogP contribution is 2.26. The van der Waals surface area contributed by atoms with Crippen molar-refractivity contribution in [3.63, 3.8) is 0 Å². The van der Waals surface area contributed by atoms with Crippen LogP contribution in [0.5, 0.6) is 0 Å². The summed E-state index contributed by atoms with van der Waals surface area (Å²) in [4.78, 5) is 11.4. The maximum absolute atomic E-state index is 13.9. The van der Waals surface area contributed by atoms with Crippen LogP contribution in [-0.2, 0) is 4.74 Å². The van der Waals surface area contributed by atoms with Crippen molar-refractivity contribution in [1.29, 1.82) is 0 Å². The zero-order valence-electron chi connectivity index (χ0n) is 14.1. The van der Waals surface area contributed by atoms with Crippen molar-refractivity contribution < 1.29 is 18.3 Å². The predicted octanol–water partition coefficient (Wildman–Crippen LogP) is 4.80. The van der Waals surface area contributed by atoms with Gasteiger partial charge in [0.25, 0.3) is 5.92 Å². The number of alkyl halides is 2. The molecule has 1 amide bonds. The number of alkyl carbamates (subject to hydrolysis) is 1. The number of hydrogen-bond donors (Lipinski definition) is 2. The lowest BCUT2D eigenvalue weighted by atomic mass is 10.1. The molecule has 0 saturated carbocycles. The summed E-state index contributed by atoms with van der Waals surface area (Å²) < 4.78 is 32.6. The van der Waals surface area contributed by atoms with Gasteiger partial charge in [-0.05, 0) is 45.4 Å². The first-order chi connectivity index (χ1) is 10.9. The first-order valence-electron chi connectivity index (χ1n) is 7.43. The Morgan fingerprint density at radius 2 is 1.83 bits per heavy atom. The molecule has 0 radical (unpaired) electrons. The van der Waals surface area contributed by atoms with Crippen molar-refractivity contribution in [2.45, 2.75) is 45.3 Å². The first kappa shape index (κ1) is 20.9. The van der Waals surface area contributed by atoms with Crippen LogP contribution in [0.2, 0.25) is 10.0 Å². The van der Waals surface area contributed by atoms with Crippen molar-refractivity contribution in [2.24, 2.45) is 0 Å². The Kier molecular flexibility index (Phi) is 7.25. The molecule has 1 rings (SSSR count). The van der Waals surface area contributed by atoms with Gasteiger partial charge >= 0.3 is 6.09 Å². The van der Waals surface area contributed by atoms with Crippen LogP contribution >= 0.6 is 23.2 Å². The zero-order chi connectivity index (χ0) is 18.5. The second-order valence-corrected chi connectivity index (χ2v) is 7.30. The fraction of sp³-hybridized carbons (Fsp3) is 0.562. The van der Waals surface area contributed by atoms with E-state index in [9.17, 15) is 13.6 Å². The Labute approximate surface area is 150 Å². The molecule has 4 nitrogen and oxygen atoms in total. The van der Waals surface area contributed by atoms with Gasteiger partial charge < -0.3 is 15.4 Å². The van der Waals surface area contributed by atoms with Crippen molar-refractivity contribution in [1.82, 2.24) is 10.6 Å². The molecule has 0 fully saturated rings. The number of ether oxygens (including phenoxy) is 1. The van der Waals surface area contributed by atoms with Gasteiger partial charge in [-0.3, -0.25) is 0 Å². The molecular weight excluding hydrogens is 361 g/mol. The van der Waals surface area contributed by atoms with Gasteiger partial charge in [0.2, 0.25) is 0 Å². The minimum absolute atomic E-state index is 0.354. The Bertz CT molecular complexity index is 578. The van der Waals surface area contributed by atoms with E-state index in [2.05, 4.69) is 10.6 Å². The largest absolute Gasteiger partial charge is 0.444 e. The van der Waals surface area contributed by atoms with Crippen molar-refractivity contribution in [2.75, 3.05) is 13.1 Å². The lowest BCUT2D eigenvalue weighted by molar-refractivity contribution is -0.00525. The molecule has 0 bridgehead atoms. The molecular formula is C16H22Cl2F2N2O2. The van der Waals surface area contributed by atoms with Crippen molar-refractivity contribution >= 4 is 29.3 Å². The molecule has 0 saturated heterocycles. The number of rotatable bonds is 6. The van der Waals surface area contributed by atoms with E-state index in [0.29, 0.717) is 10.0 Å². The van der Waals surface area contributed by atoms with E-state index >= 15 is 0 Å². The second-order valence-electron chi connectivity index (χ2n) is 6.49. The maximum atomic E-state index is 13.9. The number of carbonyl (C=O) groups excluding carboxylic acids is 1. The molecule has 0 aromatic heterocycles. The smallest absolute Gasteiger partial charge is 0.407 e. The molecule has 136 valence electrons. The molecule has 8 heteroatoms. The van der Waals surface area contributed by atoms with Gasteiger partial charge in [-0.25, -0.2) is 13.6 Å². The highest BCUT2D eigenvalue weighted by Gasteiger charge is 2.31. The van der Waals surface area contributed by atoms with E-state index in [0.717, 1.165) is 5.56 Å². The number of benzene rings is 1. The molecule has 0 aliphatic carbocycles. The van der Waals surface area contributed by atoms with Crippen molar-refractivity contribution in [3.8, 4) is 0 Å². The van der Waals surface area contributed by atoms with Gasteiger partial charge in [0.05, 0.1) is 23.1 Å². The van der Waals surface area contributed by atoms with Gasteiger partial charge in [0.15, 0.2) is 0 Å². The van der Waals surface area contributed by atoms with Crippen LogP contribution in [0.3, 0.4) is 0 Å². The monoisotopic (exact) mass is 382 g/mol. The first-order valence-corrected chi connectivity index (χ1v) is 8.18. The third kappa shape index (κ3) is 7.64. The highest BCUT2D eigenvalue weighted by atomic mass is 35.5. The van der Waals surface area contributed by atoms with Gasteiger partial charge in [-0.15, -0.1) is 0 Å². The third-order valence-corrected chi connectivity index (χ3v) is 3.74. The Morgan fingerprint density at radius 1 is 1.21 bits per heavy atom. The summed E-state index contributed by atoms with van der Waals surface area (Å²) >= 11 is 11.7. The summed E-state index contributed by atoms with van der Waals surface area (Å²) in [6, 6.07) is 4.59. The fourth-order valence-electron chi connectivity index (χ4n) is 1.78. The van der Waals surface area contributed by atoms with Gasteiger partial charge in [0.1, 0.15) is 5.60 Å². The van der Waals surface area contributed by atoms with E-state index in [1.807, 2.05) is 0 Å². The number of amides is 1. The summed E-state index contributed by atoms with van der Waals surface area (Å²) in [6.07, 6.45) is -0.875. The quantitative estimate of drug-likeness (QED) is 0.742. The van der Waals surface area contributed by atoms with E-state index < -0.39 is 30.7 Å². The minimum Gasteiger partial charge on any atom is -0.444 e. The summed E-state index contributed by atoms with van der Waals surface area (Å²) in [7, 11) is 0. The highest BCUT2D eigenvalue weighted by molar-refractivity contribution is 6.42. The molecule has 24 heavy (non-hydrogen) atoms. The summed E-state index contributed by atoms with van der Waals surface area (Å²) in [6.45, 7) is 5.28. The van der Waals surface area contributed by atoms with Crippen molar-refractivity contribution in [3.05, 3.63) is 33.8 Å². The number of carbonyl (C=O) groups is 1. The van der Waals surface area contributed by atoms with E-state index in [1.165, 1.54) is 0 Å². The maximum Gasteiger partial charge on any atom is 0.407 e. The molecule has 2 N–H and O–H groups in total. The molecule has 1 aromatic rings. The van der Waals surface area contributed by atoms with Crippen LogP contribution in [0.25, 0.3) is 0 Å². The summed E-state index contributed by atoms with van der Waals surface area (Å²) in [5.41, 5.74) is 0.000264. The average molecular weight is 383 g/mol. The van der Waals surface area contributed by atoms with E-state index in [1.54, 1.807) is 45.9 Å². The van der Waals surface area contributed by atoms with Crippen LogP contribution in [0.4, 0.5) is 13.6 Å². The predicted molar refractivity (Wildman–Crippen MR) is 92.1 cm³/mol. The van der Waals surface area contributed by atoms with E-state index in [-0.39, 0.29) is 6.04 Å². The number of halogens is 4. The number of hydrogen-bond acceptors (Lipinski definition) is 3. The number of nitrogens with one attached hydrogen (secondary N) is 2. The lowest BCUT2D eigenvalue weighted by Crippen LogP contribution is -2.45. The Morgan fingerprint density at radius 3 is 2.38 bits per heavy atom. The van der Waals surface area contributed by atoms with Crippen LogP contribution in [-0.4, -0.2) is 30.7 Å². The Balaban J connectivity index is 2.49. The second kappa shape index (κ2) is 8.32. The van der Waals surface area contributed by atoms with Crippen LogP contribution in [0, 0.1) is 0 Å². The topological polar surface area (TPSA) is 50.4 Å². The molecule has 1 unspecified atom stereocenters. The summed E-state index contributed by atoms with van der Waals surface area (Å²) in [5.74, 6) is -3.12. The summed E-state index contributed by atoms with van der Waals surface area (Å²) in [5, 5.41) is 5.55. The SMILES string of the molecule is CC(NCC(F)(F)CNC(=O)OC(C)(C)C)c1ccc(Cl)c(Cl)c1. The van der Waals surface area contributed by atoms with Gasteiger partial charge in [-0.2, -0.15) is 0 Å².